The van der Waals surface area contributed by atoms with E-state index in [1.807, 2.05) is 12.1 Å². The Morgan fingerprint density at radius 1 is 0.302 bits per heavy atom. The van der Waals surface area contributed by atoms with Gasteiger partial charge < -0.3 is 9.13 Å². The smallest absolute Gasteiger partial charge is 0.165 e. The van der Waals surface area contributed by atoms with Crippen LogP contribution in [0.5, 0.6) is 0 Å². The Labute approximate surface area is 360 Å². The number of hydrogen-bond donors (Lipinski definition) is 0. The van der Waals surface area contributed by atoms with Gasteiger partial charge in [0, 0.05) is 49.0 Å². The van der Waals surface area contributed by atoms with Gasteiger partial charge in [-0.15, -0.1) is 0 Å². The summed E-state index contributed by atoms with van der Waals surface area (Å²) in [6.45, 7) is 0. The van der Waals surface area contributed by atoms with Crippen molar-refractivity contribution in [3.63, 3.8) is 0 Å². The van der Waals surface area contributed by atoms with Crippen molar-refractivity contribution in [1.29, 1.82) is 0 Å². The minimum absolute atomic E-state index is 0.802. The molecule has 14 rings (SSSR count). The van der Waals surface area contributed by atoms with E-state index in [2.05, 4.69) is 214 Å². The predicted octanol–water partition coefficient (Wildman–Crippen LogP) is 14.9. The normalized spacial score (nSPS) is 12.1. The molecule has 0 unspecified atom stereocenters. The first kappa shape index (κ1) is 34.2. The van der Waals surface area contributed by atoms with Crippen molar-refractivity contribution >= 4 is 98.0 Å². The Morgan fingerprint density at radius 2 is 0.889 bits per heavy atom. The maximum atomic E-state index is 5.51. The Kier molecular flexibility index (Phi) is 7.05. The molecule has 5 nitrogen and oxygen atoms in total. The molecule has 0 spiro atoms. The van der Waals surface area contributed by atoms with Gasteiger partial charge in [-0.1, -0.05) is 133 Å². The number of para-hydroxylation sites is 6. The van der Waals surface area contributed by atoms with Gasteiger partial charge in [-0.25, -0.2) is 9.97 Å². The highest BCUT2D eigenvalue weighted by molar-refractivity contribution is 6.22. The van der Waals surface area contributed by atoms with Gasteiger partial charge >= 0.3 is 0 Å². The summed E-state index contributed by atoms with van der Waals surface area (Å²) < 4.78 is 7.16. The fourth-order valence-corrected chi connectivity index (χ4v) is 10.5. The maximum absolute atomic E-state index is 5.51. The summed E-state index contributed by atoms with van der Waals surface area (Å²) in [5.74, 6) is 0.802. The Bertz CT molecular complexity index is 4210. The first-order valence-electron chi connectivity index (χ1n) is 21.5. The number of rotatable bonds is 4. The van der Waals surface area contributed by atoms with Gasteiger partial charge in [-0.2, -0.15) is 0 Å². The molecule has 0 aliphatic rings. The van der Waals surface area contributed by atoms with Crippen LogP contribution in [0.3, 0.4) is 0 Å². The third-order valence-corrected chi connectivity index (χ3v) is 13.2. The van der Waals surface area contributed by atoms with E-state index in [1.54, 1.807) is 0 Å². The van der Waals surface area contributed by atoms with Crippen LogP contribution in [0.4, 0.5) is 0 Å². The monoisotopic (exact) mass is 801 g/mol. The largest absolute Gasteiger partial charge is 0.309 e. The lowest BCUT2D eigenvalue weighted by Crippen LogP contribution is -2.04. The van der Waals surface area contributed by atoms with Gasteiger partial charge in [-0.3, -0.25) is 4.57 Å². The van der Waals surface area contributed by atoms with E-state index in [1.165, 1.54) is 65.0 Å². The molecule has 0 aliphatic heterocycles. The zero-order chi connectivity index (χ0) is 41.2. The minimum atomic E-state index is 0.802. The van der Waals surface area contributed by atoms with Crippen LogP contribution in [-0.4, -0.2) is 23.7 Å². The second-order valence-corrected chi connectivity index (χ2v) is 16.6. The van der Waals surface area contributed by atoms with Crippen LogP contribution in [0.1, 0.15) is 0 Å². The summed E-state index contributed by atoms with van der Waals surface area (Å²) in [4.78, 5) is 11.0. The van der Waals surface area contributed by atoms with Crippen molar-refractivity contribution in [3.05, 3.63) is 212 Å². The van der Waals surface area contributed by atoms with E-state index in [0.717, 1.165) is 61.4 Å². The molecule has 0 N–H and O–H groups in total. The number of fused-ring (bicyclic) bond motifs is 13. The molecule has 0 saturated heterocycles. The Hall–Kier alpha value is -8.54. The molecule has 0 bridgehead atoms. The number of nitrogens with zero attached hydrogens (tertiary/aromatic N) is 5. The van der Waals surface area contributed by atoms with Gasteiger partial charge in [0.1, 0.15) is 5.69 Å². The molecule has 0 atom stereocenters. The average Bonchev–Trinajstić information content (AvgIpc) is 3.98. The van der Waals surface area contributed by atoms with Crippen LogP contribution in [0.2, 0.25) is 0 Å². The van der Waals surface area contributed by atoms with Crippen LogP contribution < -0.4 is 0 Å². The summed E-state index contributed by atoms with van der Waals surface area (Å²) in [7, 11) is 0. The molecule has 5 heteroatoms. The second-order valence-electron chi connectivity index (χ2n) is 16.6. The van der Waals surface area contributed by atoms with E-state index in [0.29, 0.717) is 0 Å². The predicted molar refractivity (Wildman–Crippen MR) is 263 cm³/mol. The van der Waals surface area contributed by atoms with Crippen molar-refractivity contribution in [2.75, 3.05) is 0 Å². The lowest BCUT2D eigenvalue weighted by atomic mass is 10.0. The second kappa shape index (κ2) is 13.0. The summed E-state index contributed by atoms with van der Waals surface area (Å²) in [5, 5.41) is 12.1. The number of hydrogen-bond acceptors (Lipinski definition) is 2. The molecule has 4 aromatic heterocycles. The molecule has 0 saturated carbocycles. The van der Waals surface area contributed by atoms with Gasteiger partial charge in [0.15, 0.2) is 5.82 Å². The van der Waals surface area contributed by atoms with Crippen LogP contribution in [0.25, 0.3) is 126 Å². The molecule has 0 amide bonds. The van der Waals surface area contributed by atoms with Crippen molar-refractivity contribution < 1.29 is 0 Å². The summed E-state index contributed by atoms with van der Waals surface area (Å²) in [6, 6.07) is 76.6. The lowest BCUT2D eigenvalue weighted by Gasteiger charge is -2.15. The van der Waals surface area contributed by atoms with Crippen LogP contribution in [-0.2, 0) is 0 Å². The highest BCUT2D eigenvalue weighted by atomic mass is 15.1. The fraction of sp³-hybridized carbons (Fsp3) is 0. The van der Waals surface area contributed by atoms with Gasteiger partial charge in [0.25, 0.3) is 0 Å². The van der Waals surface area contributed by atoms with E-state index >= 15 is 0 Å². The molecule has 10 aromatic carbocycles. The first-order chi connectivity index (χ1) is 31.3. The third-order valence-electron chi connectivity index (χ3n) is 13.2. The summed E-state index contributed by atoms with van der Waals surface area (Å²) >= 11 is 0. The van der Waals surface area contributed by atoms with Crippen molar-refractivity contribution in [2.24, 2.45) is 0 Å². The molecular formula is C58H35N5. The molecule has 292 valence electrons. The zero-order valence-corrected chi connectivity index (χ0v) is 33.9. The van der Waals surface area contributed by atoms with Crippen molar-refractivity contribution in [1.82, 2.24) is 23.7 Å². The quantitative estimate of drug-likeness (QED) is 0.178. The van der Waals surface area contributed by atoms with Gasteiger partial charge in [-0.05, 0) is 95.0 Å². The molecule has 0 aliphatic carbocycles. The lowest BCUT2D eigenvalue weighted by molar-refractivity contribution is 1.08. The number of aromatic nitrogens is 5. The van der Waals surface area contributed by atoms with E-state index in [4.69, 9.17) is 9.97 Å². The highest BCUT2D eigenvalue weighted by Gasteiger charge is 2.23. The molecule has 4 heterocycles. The molecule has 0 fully saturated rings. The molecule has 0 radical (unpaired) electrons. The standard InChI is InChI=1S/C58H35N5/c1-2-17-39(18-3-1)61-49-25-11-6-20-41(49)45-33-38(30-31-53(45)61)57-58(60-48-24-10-9-23-47(48)59-57)63-50-26-12-7-21-42(50)46-35-44-37(34-55(46)63)16-14-28-52(44)62-51-27-13-8-22-43(51)56-40-19-5-4-15-36(40)29-32-54(56)62/h1-35H. The molecule has 63 heavy (non-hydrogen) atoms. The van der Waals surface area contributed by atoms with E-state index in [9.17, 15) is 0 Å². The van der Waals surface area contributed by atoms with Crippen LogP contribution >= 0.6 is 0 Å². The van der Waals surface area contributed by atoms with Gasteiger partial charge in [0.2, 0.25) is 0 Å². The summed E-state index contributed by atoms with van der Waals surface area (Å²) in [5.41, 5.74) is 12.7. The summed E-state index contributed by atoms with van der Waals surface area (Å²) in [6.07, 6.45) is 0. The zero-order valence-electron chi connectivity index (χ0n) is 33.9. The molecular weight excluding hydrogens is 767 g/mol. The SMILES string of the molecule is c1ccc(-n2c3ccccc3c3cc(-c4nc5ccccc5nc4-n4c5ccccc5c5cc6c(-n7c8ccccc8c8c9ccccc9ccc87)cccc6cc54)ccc32)cc1. The first-order valence-corrected chi connectivity index (χ1v) is 21.5. The average molecular weight is 802 g/mol. The highest BCUT2D eigenvalue weighted by Crippen LogP contribution is 2.43. The van der Waals surface area contributed by atoms with E-state index < -0.39 is 0 Å². The van der Waals surface area contributed by atoms with Crippen LogP contribution in [0.15, 0.2) is 212 Å². The van der Waals surface area contributed by atoms with Crippen LogP contribution in [0, 0.1) is 0 Å². The Balaban J connectivity index is 1.04. The van der Waals surface area contributed by atoms with Gasteiger partial charge in [0.05, 0.1) is 49.8 Å². The topological polar surface area (TPSA) is 40.6 Å². The fourth-order valence-electron chi connectivity index (χ4n) is 10.5. The van der Waals surface area contributed by atoms with Crippen molar-refractivity contribution in [2.45, 2.75) is 0 Å². The maximum Gasteiger partial charge on any atom is 0.165 e. The number of benzene rings is 10. The minimum Gasteiger partial charge on any atom is -0.309 e. The molecule has 14 aromatic rings. The third kappa shape index (κ3) is 4.87. The van der Waals surface area contributed by atoms with Crippen molar-refractivity contribution in [3.8, 4) is 28.5 Å². The Morgan fingerprint density at radius 3 is 1.68 bits per heavy atom. The van der Waals surface area contributed by atoms with E-state index in [-0.39, 0.29) is 0 Å².